The molecule has 1 aromatic carbocycles. The van der Waals surface area contributed by atoms with Gasteiger partial charge in [-0.2, -0.15) is 0 Å². The Morgan fingerprint density at radius 3 is 2.75 bits per heavy atom. The Labute approximate surface area is 117 Å². The largest absolute Gasteiger partial charge is 0.444 e. The number of nitro groups is 1. The summed E-state index contributed by atoms with van der Waals surface area (Å²) in [5.74, 6) is 0. The van der Waals surface area contributed by atoms with Crippen LogP contribution in [0.4, 0.5) is 10.5 Å². The number of nitro benzene ring substituents is 1. The van der Waals surface area contributed by atoms with Crippen molar-refractivity contribution in [2.45, 2.75) is 26.4 Å². The minimum atomic E-state index is -0.534. The highest BCUT2D eigenvalue weighted by Crippen LogP contribution is 2.13. The third-order valence-corrected chi connectivity index (χ3v) is 2.15. The molecule has 6 nitrogen and oxygen atoms in total. The summed E-state index contributed by atoms with van der Waals surface area (Å²) in [7, 11) is 0. The Hall–Kier alpha value is -2.37. The number of non-ortho nitro benzene ring substituents is 1. The summed E-state index contributed by atoms with van der Waals surface area (Å²) in [5, 5.41) is 13.2. The Bertz CT molecular complexity index is 518. The fourth-order valence-electron chi connectivity index (χ4n) is 1.39. The highest BCUT2D eigenvalue weighted by molar-refractivity contribution is 5.68. The van der Waals surface area contributed by atoms with Gasteiger partial charge in [-0.05, 0) is 26.3 Å². The molecule has 20 heavy (non-hydrogen) atoms. The van der Waals surface area contributed by atoms with Crippen LogP contribution in [0.2, 0.25) is 0 Å². The summed E-state index contributed by atoms with van der Waals surface area (Å²) < 4.78 is 5.07. The number of hydrogen-bond donors (Lipinski definition) is 1. The summed E-state index contributed by atoms with van der Waals surface area (Å²) in [6.45, 7) is 5.64. The van der Waals surface area contributed by atoms with Gasteiger partial charge in [0.05, 0.1) is 4.92 Å². The van der Waals surface area contributed by atoms with Gasteiger partial charge in [-0.3, -0.25) is 10.1 Å². The first-order valence-corrected chi connectivity index (χ1v) is 6.16. The van der Waals surface area contributed by atoms with Gasteiger partial charge < -0.3 is 10.1 Å². The topological polar surface area (TPSA) is 81.5 Å². The highest BCUT2D eigenvalue weighted by Gasteiger charge is 2.14. The van der Waals surface area contributed by atoms with E-state index < -0.39 is 16.6 Å². The van der Waals surface area contributed by atoms with Crippen LogP contribution in [-0.4, -0.2) is 23.2 Å². The lowest BCUT2D eigenvalue weighted by atomic mass is 10.2. The second kappa shape index (κ2) is 6.70. The Morgan fingerprint density at radius 2 is 2.15 bits per heavy atom. The summed E-state index contributed by atoms with van der Waals surface area (Å²) in [6.07, 6.45) is 2.90. The van der Waals surface area contributed by atoms with Gasteiger partial charge in [0.2, 0.25) is 0 Å². The van der Waals surface area contributed by atoms with E-state index in [0.717, 1.165) is 0 Å². The smallest absolute Gasteiger partial charge is 0.407 e. The maximum atomic E-state index is 11.4. The zero-order valence-corrected chi connectivity index (χ0v) is 11.8. The molecule has 0 bridgehead atoms. The molecule has 0 atom stereocenters. The molecule has 0 saturated heterocycles. The first-order chi connectivity index (χ1) is 9.28. The van der Waals surface area contributed by atoms with Crippen molar-refractivity contribution in [2.75, 3.05) is 6.54 Å². The number of nitrogens with zero attached hydrogens (tertiary/aromatic N) is 1. The molecular formula is C14H18N2O4. The quantitative estimate of drug-likeness (QED) is 0.677. The van der Waals surface area contributed by atoms with Gasteiger partial charge in [0, 0.05) is 18.7 Å². The zero-order chi connectivity index (χ0) is 15.2. The molecular weight excluding hydrogens is 260 g/mol. The van der Waals surface area contributed by atoms with Crippen LogP contribution in [0.5, 0.6) is 0 Å². The van der Waals surface area contributed by atoms with Crippen molar-refractivity contribution < 1.29 is 14.5 Å². The SMILES string of the molecule is CC(C)(C)OC(=O)NCC=Cc1cccc([N+](=O)[O-])c1. The molecule has 0 radical (unpaired) electrons. The van der Waals surface area contributed by atoms with E-state index in [2.05, 4.69) is 5.32 Å². The molecule has 0 aliphatic rings. The minimum absolute atomic E-state index is 0.0345. The molecule has 0 spiro atoms. The molecule has 1 N–H and O–H groups in total. The first-order valence-electron chi connectivity index (χ1n) is 6.16. The van der Waals surface area contributed by atoms with E-state index in [-0.39, 0.29) is 12.2 Å². The Morgan fingerprint density at radius 1 is 1.45 bits per heavy atom. The summed E-state index contributed by atoms with van der Waals surface area (Å²) in [5.41, 5.74) is 0.200. The average molecular weight is 278 g/mol. The Balaban J connectivity index is 2.47. The third-order valence-electron chi connectivity index (χ3n) is 2.15. The molecule has 0 aliphatic carbocycles. The fourth-order valence-corrected chi connectivity index (χ4v) is 1.39. The molecule has 1 rings (SSSR count). The molecule has 0 unspecified atom stereocenters. The minimum Gasteiger partial charge on any atom is -0.444 e. The molecule has 0 fully saturated rings. The van der Waals surface area contributed by atoms with Crippen LogP contribution in [-0.2, 0) is 4.74 Å². The number of rotatable bonds is 4. The van der Waals surface area contributed by atoms with Crippen molar-refractivity contribution in [3.8, 4) is 0 Å². The summed E-state index contributed by atoms with van der Waals surface area (Å²) in [6, 6.07) is 6.25. The van der Waals surface area contributed by atoms with E-state index in [9.17, 15) is 14.9 Å². The van der Waals surface area contributed by atoms with Crippen molar-refractivity contribution in [3.63, 3.8) is 0 Å². The molecule has 0 aliphatic heterocycles. The van der Waals surface area contributed by atoms with Gasteiger partial charge in [0.15, 0.2) is 0 Å². The molecule has 0 heterocycles. The Kier molecular flexibility index (Phi) is 5.25. The van der Waals surface area contributed by atoms with Crippen LogP contribution in [0.25, 0.3) is 6.08 Å². The fraction of sp³-hybridized carbons (Fsp3) is 0.357. The molecule has 6 heteroatoms. The maximum Gasteiger partial charge on any atom is 0.407 e. The van der Waals surface area contributed by atoms with Gasteiger partial charge in [-0.15, -0.1) is 0 Å². The van der Waals surface area contributed by atoms with Crippen molar-refractivity contribution in [1.29, 1.82) is 0 Å². The first kappa shape index (κ1) is 15.7. The van der Waals surface area contributed by atoms with Crippen molar-refractivity contribution in [3.05, 3.63) is 46.0 Å². The molecule has 0 aromatic heterocycles. The van der Waals surface area contributed by atoms with Crippen LogP contribution < -0.4 is 5.32 Å². The third kappa shape index (κ3) is 5.99. The second-order valence-corrected chi connectivity index (χ2v) is 5.14. The van der Waals surface area contributed by atoms with Crippen molar-refractivity contribution in [1.82, 2.24) is 5.32 Å². The molecule has 1 aromatic rings. The number of amides is 1. The number of benzene rings is 1. The predicted octanol–water partition coefficient (Wildman–Crippen LogP) is 3.13. The van der Waals surface area contributed by atoms with Crippen LogP contribution in [0.15, 0.2) is 30.3 Å². The number of hydrogen-bond acceptors (Lipinski definition) is 4. The van der Waals surface area contributed by atoms with E-state index in [1.54, 1.807) is 45.1 Å². The number of carbonyl (C=O) groups is 1. The van der Waals surface area contributed by atoms with E-state index >= 15 is 0 Å². The van der Waals surface area contributed by atoms with Crippen LogP contribution >= 0.6 is 0 Å². The number of carbonyl (C=O) groups excluding carboxylic acids is 1. The average Bonchev–Trinajstić information content (AvgIpc) is 2.33. The zero-order valence-electron chi connectivity index (χ0n) is 11.8. The lowest BCUT2D eigenvalue weighted by Crippen LogP contribution is -2.32. The number of nitrogens with one attached hydrogen (secondary N) is 1. The lowest BCUT2D eigenvalue weighted by molar-refractivity contribution is -0.384. The summed E-state index contributed by atoms with van der Waals surface area (Å²) in [4.78, 5) is 21.5. The van der Waals surface area contributed by atoms with Crippen LogP contribution in [0, 0.1) is 10.1 Å². The number of alkyl carbamates (subject to hydrolysis) is 1. The highest BCUT2D eigenvalue weighted by atomic mass is 16.6. The van der Waals surface area contributed by atoms with Crippen molar-refractivity contribution in [2.24, 2.45) is 0 Å². The van der Waals surface area contributed by atoms with Crippen LogP contribution in [0.1, 0.15) is 26.3 Å². The van der Waals surface area contributed by atoms with Gasteiger partial charge in [-0.25, -0.2) is 4.79 Å². The monoisotopic (exact) mass is 278 g/mol. The van der Waals surface area contributed by atoms with E-state index in [0.29, 0.717) is 5.56 Å². The van der Waals surface area contributed by atoms with E-state index in [1.165, 1.54) is 12.1 Å². The van der Waals surface area contributed by atoms with Gasteiger partial charge >= 0.3 is 6.09 Å². The van der Waals surface area contributed by atoms with Gasteiger partial charge in [0.1, 0.15) is 5.60 Å². The van der Waals surface area contributed by atoms with Gasteiger partial charge in [-0.1, -0.05) is 24.3 Å². The molecule has 0 saturated carbocycles. The van der Waals surface area contributed by atoms with E-state index in [1.807, 2.05) is 0 Å². The maximum absolute atomic E-state index is 11.4. The molecule has 108 valence electrons. The predicted molar refractivity (Wildman–Crippen MR) is 76.4 cm³/mol. The lowest BCUT2D eigenvalue weighted by Gasteiger charge is -2.19. The second-order valence-electron chi connectivity index (χ2n) is 5.14. The normalized spacial score (nSPS) is 11.3. The van der Waals surface area contributed by atoms with Crippen molar-refractivity contribution >= 4 is 17.9 Å². The van der Waals surface area contributed by atoms with Crippen LogP contribution in [0.3, 0.4) is 0 Å². The number of ether oxygens (including phenoxy) is 1. The standard InChI is InChI=1S/C14H18N2O4/c1-14(2,3)20-13(17)15-9-5-7-11-6-4-8-12(10-11)16(18)19/h4-8,10H,9H2,1-3H3,(H,15,17). The summed E-state index contributed by atoms with van der Waals surface area (Å²) >= 11 is 0. The van der Waals surface area contributed by atoms with Gasteiger partial charge in [0.25, 0.3) is 5.69 Å². The molecule has 1 amide bonds. The van der Waals surface area contributed by atoms with E-state index in [4.69, 9.17) is 4.74 Å².